The number of esters is 3. The summed E-state index contributed by atoms with van der Waals surface area (Å²) >= 11 is 0. The summed E-state index contributed by atoms with van der Waals surface area (Å²) in [5.74, 6) is -4.98. The zero-order valence-electron chi connectivity index (χ0n) is 25.4. The highest BCUT2D eigenvalue weighted by atomic mass is 19.2. The summed E-state index contributed by atoms with van der Waals surface area (Å²) in [4.78, 5) is 36.5. The lowest BCUT2D eigenvalue weighted by Crippen LogP contribution is -2.13. The average Bonchev–Trinajstić information content (AvgIpc) is 2.98. The molecule has 0 aliphatic carbocycles. The summed E-state index contributed by atoms with van der Waals surface area (Å²) in [6.45, 7) is 20.4. The molecule has 0 aliphatic rings. The number of ether oxygens (including phenoxy) is 5. The first-order chi connectivity index (χ1) is 21.2. The molecule has 8 nitrogen and oxygen atoms in total. The molecule has 0 spiro atoms. The minimum absolute atomic E-state index is 0.0208. The van der Waals surface area contributed by atoms with E-state index < -0.39 is 29.5 Å². The molecule has 0 atom stereocenters. The van der Waals surface area contributed by atoms with Gasteiger partial charge < -0.3 is 23.7 Å². The van der Waals surface area contributed by atoms with E-state index in [0.29, 0.717) is 0 Å². The summed E-state index contributed by atoms with van der Waals surface area (Å²) in [6.07, 6.45) is 0. The third-order valence-corrected chi connectivity index (χ3v) is 5.89. The average molecular weight is 619 g/mol. The van der Waals surface area contributed by atoms with Crippen LogP contribution in [-0.2, 0) is 19.1 Å². The molecule has 0 saturated heterocycles. The molecule has 0 aromatic heterocycles. The third kappa shape index (κ3) is 8.84. The van der Waals surface area contributed by atoms with Crippen LogP contribution in [0.4, 0.5) is 8.78 Å². The number of hydrogen-bond donors (Lipinski definition) is 0. The normalized spacial score (nSPS) is 10.4. The van der Waals surface area contributed by atoms with Crippen LogP contribution >= 0.6 is 0 Å². The Morgan fingerprint density at radius 3 is 1.42 bits per heavy atom. The van der Waals surface area contributed by atoms with Gasteiger partial charge in [-0.1, -0.05) is 56.2 Å². The van der Waals surface area contributed by atoms with Crippen LogP contribution in [-0.4, -0.2) is 31.3 Å². The highest BCUT2D eigenvalue weighted by Crippen LogP contribution is 2.39. The van der Waals surface area contributed by atoms with Gasteiger partial charge in [-0.2, -0.15) is 0 Å². The van der Waals surface area contributed by atoms with Gasteiger partial charge in [0.15, 0.2) is 41.4 Å². The van der Waals surface area contributed by atoms with Crippen molar-refractivity contribution in [1.29, 1.82) is 0 Å². The van der Waals surface area contributed by atoms with E-state index in [9.17, 15) is 14.4 Å². The van der Waals surface area contributed by atoms with Crippen molar-refractivity contribution in [2.24, 2.45) is 0 Å². The van der Waals surface area contributed by atoms with Crippen molar-refractivity contribution in [3.8, 4) is 45.3 Å². The quantitative estimate of drug-likeness (QED) is 0.0481. The molecule has 45 heavy (non-hydrogen) atoms. The maximum Gasteiger partial charge on any atom is 0.338 e. The third-order valence-electron chi connectivity index (χ3n) is 5.89. The van der Waals surface area contributed by atoms with Crippen LogP contribution in [0.5, 0.6) is 23.0 Å². The minimum atomic E-state index is -1.21. The first kappa shape index (κ1) is 34.1. The van der Waals surface area contributed by atoms with E-state index in [1.807, 2.05) is 0 Å². The van der Waals surface area contributed by atoms with Crippen molar-refractivity contribution in [2.75, 3.05) is 13.4 Å². The fourth-order valence-electron chi connectivity index (χ4n) is 3.59. The number of rotatable bonds is 13. The van der Waals surface area contributed by atoms with Crippen molar-refractivity contribution in [1.82, 2.24) is 0 Å². The van der Waals surface area contributed by atoms with Crippen LogP contribution < -0.4 is 18.9 Å². The van der Waals surface area contributed by atoms with Gasteiger partial charge in [0.25, 0.3) is 0 Å². The minimum Gasteiger partial charge on any atom is -0.464 e. The van der Waals surface area contributed by atoms with E-state index in [4.69, 9.17) is 23.7 Å². The summed E-state index contributed by atoms with van der Waals surface area (Å²) in [6, 6.07) is 10.8. The standard InChI is InChI=1S/C35H32F2O8/c1-19(2)17-41-18-42-29-15-23(9-13-27(29)43-33(38)20(3)4)25-11-12-26(32(37)31(25)36)24-10-14-28(44-34(39)21(5)6)30(16-24)45-35(40)22(7)8/h9-16H,1,3,5,7,17-18H2,2,4,6,8H3. The Bertz CT molecular complexity index is 1720. The molecule has 3 aromatic carbocycles. The maximum absolute atomic E-state index is 15.6. The van der Waals surface area contributed by atoms with Gasteiger partial charge in [0.05, 0.1) is 6.61 Å². The molecule has 0 heterocycles. The summed E-state index contributed by atoms with van der Waals surface area (Å²) in [5.41, 5.74) is 1.09. The van der Waals surface area contributed by atoms with Crippen LogP contribution in [0.2, 0.25) is 0 Å². The second-order valence-corrected chi connectivity index (χ2v) is 10.2. The molecule has 0 N–H and O–H groups in total. The number of halogens is 2. The van der Waals surface area contributed by atoms with E-state index in [0.717, 1.165) is 5.57 Å². The molecule has 0 bridgehead atoms. The Morgan fingerprint density at radius 1 is 0.600 bits per heavy atom. The second kappa shape index (κ2) is 14.9. The highest BCUT2D eigenvalue weighted by molar-refractivity contribution is 5.92. The van der Waals surface area contributed by atoms with Crippen molar-refractivity contribution in [3.63, 3.8) is 0 Å². The first-order valence-corrected chi connectivity index (χ1v) is 13.4. The molecule has 3 aromatic rings. The molecule has 234 valence electrons. The van der Waals surface area contributed by atoms with Gasteiger partial charge in [-0.25, -0.2) is 23.2 Å². The Kier molecular flexibility index (Phi) is 11.3. The number of benzene rings is 3. The van der Waals surface area contributed by atoms with E-state index in [2.05, 4.69) is 26.3 Å². The van der Waals surface area contributed by atoms with Crippen LogP contribution in [0, 0.1) is 11.6 Å². The lowest BCUT2D eigenvalue weighted by atomic mass is 9.98. The largest absolute Gasteiger partial charge is 0.464 e. The lowest BCUT2D eigenvalue weighted by molar-refractivity contribution is -0.132. The number of carbonyl (C=O) groups excluding carboxylic acids is 3. The van der Waals surface area contributed by atoms with Gasteiger partial charge in [-0.15, -0.1) is 0 Å². The van der Waals surface area contributed by atoms with Gasteiger partial charge >= 0.3 is 17.9 Å². The second-order valence-electron chi connectivity index (χ2n) is 10.2. The van der Waals surface area contributed by atoms with Gasteiger partial charge in [0.1, 0.15) is 0 Å². The van der Waals surface area contributed by atoms with Crippen molar-refractivity contribution < 1.29 is 46.8 Å². The lowest BCUT2D eigenvalue weighted by Gasteiger charge is -2.15. The predicted octanol–water partition coefficient (Wildman–Crippen LogP) is 7.67. The van der Waals surface area contributed by atoms with Crippen LogP contribution in [0.25, 0.3) is 22.3 Å². The Balaban J connectivity index is 2.03. The number of carbonyl (C=O) groups is 3. The van der Waals surface area contributed by atoms with Crippen molar-refractivity contribution in [2.45, 2.75) is 27.7 Å². The van der Waals surface area contributed by atoms with E-state index in [1.54, 1.807) is 6.92 Å². The van der Waals surface area contributed by atoms with Crippen LogP contribution in [0.15, 0.2) is 97.1 Å². The van der Waals surface area contributed by atoms with Gasteiger partial charge in [0, 0.05) is 27.8 Å². The molecule has 0 fully saturated rings. The molecule has 3 rings (SSSR count). The smallest absolute Gasteiger partial charge is 0.338 e. The fraction of sp³-hybridized carbons (Fsp3) is 0.171. The SMILES string of the molecule is C=C(C)COCOc1cc(-c2ccc(-c3ccc(OC(=O)C(=C)C)c(OC(=O)C(=C)C)c3)c(F)c2F)ccc1OC(=O)C(=C)C. The maximum atomic E-state index is 15.6. The molecule has 0 amide bonds. The topological polar surface area (TPSA) is 97.4 Å². The summed E-state index contributed by atoms with van der Waals surface area (Å²) < 4.78 is 58.1. The van der Waals surface area contributed by atoms with E-state index in [1.165, 1.54) is 69.3 Å². The summed E-state index contributed by atoms with van der Waals surface area (Å²) in [7, 11) is 0. The first-order valence-electron chi connectivity index (χ1n) is 13.4. The molecule has 0 unspecified atom stereocenters. The van der Waals surface area contributed by atoms with Gasteiger partial charge in [-0.05, 0) is 63.1 Å². The molecular weight excluding hydrogens is 586 g/mol. The predicted molar refractivity (Wildman–Crippen MR) is 165 cm³/mol. The highest BCUT2D eigenvalue weighted by Gasteiger charge is 2.21. The molecule has 0 radical (unpaired) electrons. The van der Waals surface area contributed by atoms with E-state index >= 15 is 8.78 Å². The Morgan fingerprint density at radius 2 is 1.00 bits per heavy atom. The Hall–Kier alpha value is -5.35. The number of hydrogen-bond acceptors (Lipinski definition) is 8. The fourth-order valence-corrected chi connectivity index (χ4v) is 3.59. The molecule has 0 aliphatic heterocycles. The van der Waals surface area contributed by atoms with Gasteiger partial charge in [-0.3, -0.25) is 0 Å². The molecular formula is C35H32F2O8. The molecule has 10 heteroatoms. The monoisotopic (exact) mass is 618 g/mol. The zero-order chi connectivity index (χ0) is 33.4. The van der Waals surface area contributed by atoms with E-state index in [-0.39, 0.29) is 75.4 Å². The Labute approximate surface area is 259 Å². The zero-order valence-corrected chi connectivity index (χ0v) is 25.4. The van der Waals surface area contributed by atoms with Gasteiger partial charge in [0.2, 0.25) is 0 Å². The van der Waals surface area contributed by atoms with Crippen molar-refractivity contribution >= 4 is 17.9 Å². The molecule has 0 saturated carbocycles. The van der Waals surface area contributed by atoms with Crippen LogP contribution in [0.3, 0.4) is 0 Å². The summed E-state index contributed by atoms with van der Waals surface area (Å²) in [5, 5.41) is 0. The van der Waals surface area contributed by atoms with Crippen molar-refractivity contribution in [3.05, 3.63) is 109 Å². The van der Waals surface area contributed by atoms with Crippen LogP contribution in [0.1, 0.15) is 27.7 Å².